The number of carbonyl (C=O) groups excluding carboxylic acids is 2. The van der Waals surface area contributed by atoms with E-state index in [0.717, 1.165) is 0 Å². The summed E-state index contributed by atoms with van der Waals surface area (Å²) >= 11 is 7.38. The summed E-state index contributed by atoms with van der Waals surface area (Å²) < 4.78 is 10.4. The molecule has 1 aliphatic heterocycles. The standard InChI is InChI=1S/C20H20ClN3O4S/c1-24-18(25)11-17(19(26)23-14-6-4-5-7-16(14)28-3)29-20(24)22-12-8-9-15(27-2)13(21)10-12/h4-10,17H,11H2,1-3H3,(H,23,26). The zero-order valence-electron chi connectivity index (χ0n) is 16.1. The molecule has 2 amide bonds. The number of hydrogen-bond donors (Lipinski definition) is 1. The second-order valence-corrected chi connectivity index (χ2v) is 7.74. The minimum atomic E-state index is -0.615. The van der Waals surface area contributed by atoms with Crippen molar-refractivity contribution in [3.63, 3.8) is 0 Å². The molecule has 7 nitrogen and oxygen atoms in total. The molecule has 0 bridgehead atoms. The Kier molecular flexibility index (Phi) is 6.66. The van der Waals surface area contributed by atoms with Crippen LogP contribution in [-0.4, -0.2) is 48.4 Å². The van der Waals surface area contributed by atoms with Crippen molar-refractivity contribution in [1.82, 2.24) is 4.90 Å². The fraction of sp³-hybridized carbons (Fsp3) is 0.250. The van der Waals surface area contributed by atoms with Crippen LogP contribution in [0, 0.1) is 0 Å². The second kappa shape index (κ2) is 9.19. The number of nitrogens with one attached hydrogen (secondary N) is 1. The van der Waals surface area contributed by atoms with Crippen LogP contribution in [0.15, 0.2) is 47.5 Å². The summed E-state index contributed by atoms with van der Waals surface area (Å²) in [5.41, 5.74) is 1.11. The molecule has 1 heterocycles. The predicted molar refractivity (Wildman–Crippen MR) is 115 cm³/mol. The molecule has 0 aliphatic carbocycles. The Labute approximate surface area is 178 Å². The van der Waals surface area contributed by atoms with E-state index in [4.69, 9.17) is 21.1 Å². The largest absolute Gasteiger partial charge is 0.495 e. The summed E-state index contributed by atoms with van der Waals surface area (Å²) in [6.07, 6.45) is 0.0739. The summed E-state index contributed by atoms with van der Waals surface area (Å²) in [6.45, 7) is 0. The third-order valence-corrected chi connectivity index (χ3v) is 5.82. The van der Waals surface area contributed by atoms with E-state index < -0.39 is 5.25 Å². The maximum atomic E-state index is 12.8. The van der Waals surface area contributed by atoms with Crippen LogP contribution in [0.3, 0.4) is 0 Å². The molecule has 9 heteroatoms. The lowest BCUT2D eigenvalue weighted by Gasteiger charge is -2.29. The lowest BCUT2D eigenvalue weighted by Crippen LogP contribution is -2.43. The van der Waals surface area contributed by atoms with Gasteiger partial charge in [0.1, 0.15) is 16.7 Å². The van der Waals surface area contributed by atoms with E-state index >= 15 is 0 Å². The zero-order valence-corrected chi connectivity index (χ0v) is 17.7. The Morgan fingerprint density at radius 1 is 1.21 bits per heavy atom. The van der Waals surface area contributed by atoms with Gasteiger partial charge >= 0.3 is 0 Å². The third kappa shape index (κ3) is 4.83. The van der Waals surface area contributed by atoms with Gasteiger partial charge in [-0.05, 0) is 30.3 Å². The highest BCUT2D eigenvalue weighted by molar-refractivity contribution is 8.15. The molecule has 2 aromatic rings. The summed E-state index contributed by atoms with van der Waals surface area (Å²) in [6, 6.07) is 12.2. The Balaban J connectivity index is 1.81. The Bertz CT molecular complexity index is 966. The van der Waals surface area contributed by atoms with Crippen LogP contribution in [0.25, 0.3) is 0 Å². The first-order valence-corrected chi connectivity index (χ1v) is 9.98. The number of halogens is 1. The lowest BCUT2D eigenvalue weighted by atomic mass is 10.2. The molecule has 1 N–H and O–H groups in total. The van der Waals surface area contributed by atoms with Gasteiger partial charge in [0, 0.05) is 13.5 Å². The molecular weight excluding hydrogens is 414 g/mol. The summed E-state index contributed by atoms with van der Waals surface area (Å²) in [5.74, 6) is 0.598. The number of hydrogen-bond acceptors (Lipinski definition) is 6. The molecule has 0 aromatic heterocycles. The van der Waals surface area contributed by atoms with Gasteiger partial charge in [-0.3, -0.25) is 14.5 Å². The molecular formula is C20H20ClN3O4S. The average molecular weight is 434 g/mol. The van der Waals surface area contributed by atoms with E-state index in [1.54, 1.807) is 43.4 Å². The third-order valence-electron chi connectivity index (χ3n) is 4.29. The Morgan fingerprint density at radius 2 is 1.93 bits per heavy atom. The molecule has 3 rings (SSSR count). The van der Waals surface area contributed by atoms with Crippen LogP contribution in [0.5, 0.6) is 11.5 Å². The smallest absolute Gasteiger partial charge is 0.238 e. The molecule has 152 valence electrons. The number of amides is 2. The zero-order chi connectivity index (χ0) is 21.0. The van der Waals surface area contributed by atoms with Gasteiger partial charge < -0.3 is 14.8 Å². The van der Waals surface area contributed by atoms with E-state index in [0.29, 0.717) is 33.1 Å². The van der Waals surface area contributed by atoms with Gasteiger partial charge in [0.05, 0.1) is 30.6 Å². The molecule has 0 radical (unpaired) electrons. The van der Waals surface area contributed by atoms with Crippen LogP contribution in [0.4, 0.5) is 11.4 Å². The number of ether oxygens (including phenoxy) is 2. The number of nitrogens with zero attached hydrogens (tertiary/aromatic N) is 2. The predicted octanol–water partition coefficient (Wildman–Crippen LogP) is 3.95. The normalized spacial score (nSPS) is 17.9. The fourth-order valence-corrected chi connectivity index (χ4v) is 4.01. The number of rotatable bonds is 5. The minimum Gasteiger partial charge on any atom is -0.495 e. The van der Waals surface area contributed by atoms with Crippen LogP contribution in [0.1, 0.15) is 6.42 Å². The van der Waals surface area contributed by atoms with E-state index in [1.165, 1.54) is 30.9 Å². The first-order chi connectivity index (χ1) is 13.9. The lowest BCUT2D eigenvalue weighted by molar-refractivity contribution is -0.128. The van der Waals surface area contributed by atoms with Gasteiger partial charge in [-0.1, -0.05) is 35.5 Å². The molecule has 1 fully saturated rings. The summed E-state index contributed by atoms with van der Waals surface area (Å²) in [7, 11) is 4.69. The Morgan fingerprint density at radius 3 is 2.62 bits per heavy atom. The summed E-state index contributed by atoms with van der Waals surface area (Å²) in [4.78, 5) is 31.1. The van der Waals surface area contributed by atoms with Crippen LogP contribution >= 0.6 is 23.4 Å². The number of benzene rings is 2. The Hall–Kier alpha value is -2.71. The maximum Gasteiger partial charge on any atom is 0.238 e. The second-order valence-electron chi connectivity index (χ2n) is 6.17. The molecule has 1 unspecified atom stereocenters. The molecule has 0 spiro atoms. The van der Waals surface area contributed by atoms with Crippen molar-refractivity contribution in [3.05, 3.63) is 47.5 Å². The monoisotopic (exact) mass is 433 g/mol. The molecule has 0 saturated carbocycles. The first-order valence-electron chi connectivity index (χ1n) is 8.72. The number of carbonyl (C=O) groups is 2. The van der Waals surface area contributed by atoms with Crippen molar-refractivity contribution in [2.75, 3.05) is 26.6 Å². The van der Waals surface area contributed by atoms with Gasteiger partial charge in [-0.15, -0.1) is 0 Å². The van der Waals surface area contributed by atoms with Gasteiger partial charge in [0.2, 0.25) is 11.8 Å². The van der Waals surface area contributed by atoms with Crippen LogP contribution in [-0.2, 0) is 9.59 Å². The number of methoxy groups -OCH3 is 2. The SMILES string of the molecule is COc1ccc(N=C2SC(C(=O)Nc3ccccc3OC)CC(=O)N2C)cc1Cl. The van der Waals surface area contributed by atoms with Gasteiger partial charge in [-0.25, -0.2) is 4.99 Å². The van der Waals surface area contributed by atoms with E-state index in [2.05, 4.69) is 10.3 Å². The molecule has 1 atom stereocenters. The maximum absolute atomic E-state index is 12.8. The fourth-order valence-electron chi connectivity index (χ4n) is 2.69. The van der Waals surface area contributed by atoms with Crippen molar-refractivity contribution in [1.29, 1.82) is 0 Å². The van der Waals surface area contributed by atoms with Gasteiger partial charge in [0.15, 0.2) is 5.17 Å². The highest BCUT2D eigenvalue weighted by Crippen LogP contribution is 2.33. The highest BCUT2D eigenvalue weighted by Gasteiger charge is 2.34. The molecule has 2 aromatic carbocycles. The van der Waals surface area contributed by atoms with Crippen molar-refractivity contribution in [2.45, 2.75) is 11.7 Å². The van der Waals surface area contributed by atoms with Gasteiger partial charge in [0.25, 0.3) is 0 Å². The summed E-state index contributed by atoms with van der Waals surface area (Å²) in [5, 5.41) is 3.04. The van der Waals surface area contributed by atoms with E-state index in [9.17, 15) is 9.59 Å². The highest BCUT2D eigenvalue weighted by atomic mass is 35.5. The van der Waals surface area contributed by atoms with Gasteiger partial charge in [-0.2, -0.15) is 0 Å². The minimum absolute atomic E-state index is 0.0739. The molecule has 1 saturated heterocycles. The average Bonchev–Trinajstić information content (AvgIpc) is 2.71. The van der Waals surface area contributed by atoms with Crippen LogP contribution in [0.2, 0.25) is 5.02 Å². The first kappa shape index (κ1) is 21.0. The number of para-hydroxylation sites is 2. The number of amidine groups is 1. The van der Waals surface area contributed by atoms with Crippen molar-refractivity contribution >= 4 is 51.7 Å². The molecule has 1 aliphatic rings. The van der Waals surface area contributed by atoms with Crippen LogP contribution < -0.4 is 14.8 Å². The van der Waals surface area contributed by atoms with Crippen molar-refractivity contribution < 1.29 is 19.1 Å². The number of thioether (sulfide) groups is 1. The van der Waals surface area contributed by atoms with E-state index in [1.807, 2.05) is 6.07 Å². The van der Waals surface area contributed by atoms with Crippen molar-refractivity contribution in [2.24, 2.45) is 4.99 Å². The number of anilines is 1. The topological polar surface area (TPSA) is 80.2 Å². The van der Waals surface area contributed by atoms with Crippen molar-refractivity contribution in [3.8, 4) is 11.5 Å². The number of aliphatic imine (C=N–C) groups is 1. The molecule has 29 heavy (non-hydrogen) atoms. The van der Waals surface area contributed by atoms with E-state index in [-0.39, 0.29) is 18.2 Å². The quantitative estimate of drug-likeness (QED) is 0.772.